The minimum absolute atomic E-state index is 0.256. The molecule has 5 nitrogen and oxygen atoms in total. The largest absolute Gasteiger partial charge is 0.452 e. The van der Waals surface area contributed by atoms with Crippen molar-refractivity contribution in [2.24, 2.45) is 0 Å². The molecule has 1 aliphatic rings. The van der Waals surface area contributed by atoms with E-state index < -0.39 is 0 Å². The first-order valence-corrected chi connectivity index (χ1v) is 11.1. The molecule has 3 aromatic rings. The second-order valence-corrected chi connectivity index (χ2v) is 7.54. The number of fused-ring (bicyclic) bond motifs is 3. The Morgan fingerprint density at radius 1 is 1.20 bits per heavy atom. The van der Waals surface area contributed by atoms with E-state index in [0.29, 0.717) is 28.4 Å². The third-order valence-corrected chi connectivity index (χ3v) is 5.55. The summed E-state index contributed by atoms with van der Waals surface area (Å²) in [5, 5.41) is 1.47. The summed E-state index contributed by atoms with van der Waals surface area (Å²) in [5.41, 5.74) is 3.29. The van der Waals surface area contributed by atoms with Crippen LogP contribution in [0.2, 0.25) is 5.02 Å². The van der Waals surface area contributed by atoms with Crippen molar-refractivity contribution >= 4 is 39.2 Å². The maximum Gasteiger partial charge on any atom is 0.348 e. The number of hydrogen-bond acceptors (Lipinski definition) is 4. The molecule has 0 unspecified atom stereocenters. The van der Waals surface area contributed by atoms with Crippen molar-refractivity contribution in [1.82, 2.24) is 14.5 Å². The van der Waals surface area contributed by atoms with Crippen LogP contribution >= 0.6 is 11.6 Å². The summed E-state index contributed by atoms with van der Waals surface area (Å²) in [7, 11) is 0. The van der Waals surface area contributed by atoms with Crippen LogP contribution in [0.1, 0.15) is 46.2 Å². The van der Waals surface area contributed by atoms with E-state index in [9.17, 15) is 4.79 Å². The number of halogens is 1. The minimum Gasteiger partial charge on any atom is -0.452 e. The van der Waals surface area contributed by atoms with Gasteiger partial charge in [-0.15, -0.1) is 0 Å². The number of nitrogens with zero attached hydrogens (tertiary/aromatic N) is 3. The van der Waals surface area contributed by atoms with Gasteiger partial charge in [0.15, 0.2) is 5.58 Å². The number of likely N-dealkylation sites (tertiary alicyclic amines) is 1. The number of benzene rings is 1. The highest BCUT2D eigenvalue weighted by Gasteiger charge is 2.21. The summed E-state index contributed by atoms with van der Waals surface area (Å²) in [4.78, 5) is 19.8. The third-order valence-electron chi connectivity index (χ3n) is 5.32. The number of allylic oxidation sites excluding steroid dienone is 4. The second-order valence-electron chi connectivity index (χ2n) is 7.11. The number of furan rings is 1. The predicted octanol–water partition coefficient (Wildman–Crippen LogP) is 5.90. The summed E-state index contributed by atoms with van der Waals surface area (Å²) < 4.78 is 7.90. The van der Waals surface area contributed by atoms with Crippen LogP contribution in [0.4, 0.5) is 0 Å². The fraction of sp³-hybridized carbons (Fsp3) is 0.417. The van der Waals surface area contributed by atoms with Crippen molar-refractivity contribution < 1.29 is 4.42 Å². The van der Waals surface area contributed by atoms with Crippen LogP contribution < -0.4 is 5.69 Å². The van der Waals surface area contributed by atoms with Crippen molar-refractivity contribution in [2.45, 2.75) is 47.1 Å². The molecule has 0 spiro atoms. The van der Waals surface area contributed by atoms with Gasteiger partial charge in [-0.05, 0) is 63.6 Å². The quantitative estimate of drug-likeness (QED) is 0.476. The van der Waals surface area contributed by atoms with E-state index in [0.717, 1.165) is 36.1 Å². The first-order chi connectivity index (χ1) is 14.6. The van der Waals surface area contributed by atoms with Crippen molar-refractivity contribution in [3.63, 3.8) is 0 Å². The van der Waals surface area contributed by atoms with Gasteiger partial charge in [-0.25, -0.2) is 4.79 Å². The summed E-state index contributed by atoms with van der Waals surface area (Å²) in [6.45, 7) is 11.5. The molecule has 6 heteroatoms. The molecule has 1 aromatic carbocycles. The molecule has 4 rings (SSSR count). The van der Waals surface area contributed by atoms with Gasteiger partial charge >= 0.3 is 5.69 Å². The fourth-order valence-electron chi connectivity index (χ4n) is 3.93. The monoisotopic (exact) mass is 427 g/mol. The zero-order valence-corrected chi connectivity index (χ0v) is 19.0. The highest BCUT2D eigenvalue weighted by molar-refractivity contribution is 6.31. The summed E-state index contributed by atoms with van der Waals surface area (Å²) in [6.07, 6.45) is 8.26. The Labute approximate surface area is 182 Å². The molecule has 1 fully saturated rings. The van der Waals surface area contributed by atoms with E-state index in [2.05, 4.69) is 9.88 Å². The first-order valence-electron chi connectivity index (χ1n) is 10.8. The average molecular weight is 428 g/mol. The molecule has 2 aromatic heterocycles. The van der Waals surface area contributed by atoms with E-state index >= 15 is 0 Å². The van der Waals surface area contributed by atoms with Crippen LogP contribution in [-0.4, -0.2) is 34.1 Å². The number of rotatable bonds is 5. The lowest BCUT2D eigenvalue weighted by Gasteiger charge is -2.16. The average Bonchev–Trinajstić information content (AvgIpc) is 3.40. The Morgan fingerprint density at radius 2 is 1.93 bits per heavy atom. The molecule has 0 bridgehead atoms. The van der Waals surface area contributed by atoms with Gasteiger partial charge in [-0.2, -0.15) is 4.98 Å². The van der Waals surface area contributed by atoms with Crippen molar-refractivity contribution in [3.05, 3.63) is 57.6 Å². The molecule has 1 aliphatic heterocycles. The number of hydrogen-bond donors (Lipinski definition) is 0. The van der Waals surface area contributed by atoms with E-state index in [-0.39, 0.29) is 5.69 Å². The third kappa shape index (κ3) is 4.37. The summed E-state index contributed by atoms with van der Waals surface area (Å²) in [5.74, 6) is 0. The molecule has 30 heavy (non-hydrogen) atoms. The van der Waals surface area contributed by atoms with Crippen molar-refractivity contribution in [2.75, 3.05) is 19.6 Å². The highest BCUT2D eigenvalue weighted by atomic mass is 35.5. The first kappa shape index (κ1) is 22.3. The maximum atomic E-state index is 13.0. The molecule has 0 N–H and O–H groups in total. The van der Waals surface area contributed by atoms with Crippen LogP contribution in [0.15, 0.2) is 45.6 Å². The standard InChI is InChI=1S/C22H24ClN3O2.C2H6/c1-3-7-15(4-2)19-21-20(17-14-16(23)8-9-18(17)28-21)26(22(27)24-19)13-12-25-10-5-6-11-25;1-2/h3-4,7-9,14H,5-6,10-13H2,1-2H3;1-2H3/b7-3-,15-4+;. The maximum absolute atomic E-state index is 13.0. The van der Waals surface area contributed by atoms with Gasteiger partial charge in [0, 0.05) is 23.5 Å². The normalized spacial score (nSPS) is 15.3. The SMILES string of the molecule is C/C=C\C(=C/C)c1nc(=O)n(CCN2CCCC2)c2c1oc1ccc(Cl)cc12.CC. The van der Waals surface area contributed by atoms with Gasteiger partial charge in [0.25, 0.3) is 0 Å². The van der Waals surface area contributed by atoms with Gasteiger partial charge < -0.3 is 9.32 Å². The van der Waals surface area contributed by atoms with Gasteiger partial charge in [0.1, 0.15) is 16.8 Å². The second kappa shape index (κ2) is 10.1. The van der Waals surface area contributed by atoms with Crippen LogP contribution in [0.5, 0.6) is 0 Å². The molecule has 1 saturated heterocycles. The van der Waals surface area contributed by atoms with Gasteiger partial charge in [-0.3, -0.25) is 4.57 Å². The topological polar surface area (TPSA) is 51.3 Å². The van der Waals surface area contributed by atoms with Crippen molar-refractivity contribution in [3.8, 4) is 0 Å². The molecular formula is C24H30ClN3O2. The van der Waals surface area contributed by atoms with Crippen LogP contribution in [0.3, 0.4) is 0 Å². The van der Waals surface area contributed by atoms with E-state index in [1.807, 2.05) is 58.1 Å². The van der Waals surface area contributed by atoms with E-state index in [4.69, 9.17) is 16.0 Å². The Balaban J connectivity index is 0.00000124. The van der Waals surface area contributed by atoms with E-state index in [1.54, 1.807) is 10.6 Å². The number of aromatic nitrogens is 2. The van der Waals surface area contributed by atoms with Crippen LogP contribution in [0.25, 0.3) is 27.6 Å². The molecule has 160 valence electrons. The molecule has 0 amide bonds. The Morgan fingerprint density at radius 3 is 2.60 bits per heavy atom. The smallest absolute Gasteiger partial charge is 0.348 e. The zero-order valence-electron chi connectivity index (χ0n) is 18.2. The Bertz CT molecular complexity index is 1130. The fourth-order valence-corrected chi connectivity index (χ4v) is 4.10. The summed E-state index contributed by atoms with van der Waals surface area (Å²) in [6, 6.07) is 5.51. The molecule has 0 radical (unpaired) electrons. The Hall–Kier alpha value is -2.37. The molecule has 0 aliphatic carbocycles. The lowest BCUT2D eigenvalue weighted by molar-refractivity contribution is 0.322. The van der Waals surface area contributed by atoms with Gasteiger partial charge in [-0.1, -0.05) is 43.7 Å². The van der Waals surface area contributed by atoms with E-state index in [1.165, 1.54) is 12.8 Å². The van der Waals surface area contributed by atoms with Crippen molar-refractivity contribution in [1.29, 1.82) is 0 Å². The Kier molecular flexibility index (Phi) is 7.51. The predicted molar refractivity (Wildman–Crippen MR) is 126 cm³/mol. The van der Waals surface area contributed by atoms with Gasteiger partial charge in [0.05, 0.1) is 0 Å². The molecule has 0 saturated carbocycles. The molecule has 3 heterocycles. The zero-order chi connectivity index (χ0) is 21.7. The minimum atomic E-state index is -0.256. The van der Waals surface area contributed by atoms with Gasteiger partial charge in [0.2, 0.25) is 0 Å². The van der Waals surface area contributed by atoms with Crippen LogP contribution in [-0.2, 0) is 6.54 Å². The highest BCUT2D eigenvalue weighted by Crippen LogP contribution is 2.33. The lowest BCUT2D eigenvalue weighted by atomic mass is 10.1. The summed E-state index contributed by atoms with van der Waals surface area (Å²) >= 11 is 6.25. The molecular weight excluding hydrogens is 398 g/mol. The lowest BCUT2D eigenvalue weighted by Crippen LogP contribution is -2.31. The van der Waals surface area contributed by atoms with Crippen LogP contribution in [0, 0.1) is 0 Å². The molecule has 0 atom stereocenters.